The van der Waals surface area contributed by atoms with E-state index in [1.165, 1.54) is 0 Å². The Morgan fingerprint density at radius 2 is 2.10 bits per heavy atom. The highest BCUT2D eigenvalue weighted by atomic mass is 16.5. The van der Waals surface area contributed by atoms with E-state index in [4.69, 9.17) is 10.5 Å². The molecule has 0 saturated carbocycles. The number of amides is 1. The molecular formula is C16H27N3O2. The zero-order valence-corrected chi connectivity index (χ0v) is 13.9. The Kier molecular flexibility index (Phi) is 5.61. The summed E-state index contributed by atoms with van der Waals surface area (Å²) < 4.78 is 5.25. The van der Waals surface area contributed by atoms with Gasteiger partial charge in [-0.3, -0.25) is 9.69 Å². The van der Waals surface area contributed by atoms with Crippen LogP contribution in [0.5, 0.6) is 5.75 Å². The van der Waals surface area contributed by atoms with Crippen LogP contribution in [0.15, 0.2) is 18.2 Å². The number of likely N-dealkylation sites (N-methyl/N-ethyl adjacent to an activating group) is 1. The third-order valence-electron chi connectivity index (χ3n) is 4.26. The molecule has 0 aliphatic heterocycles. The third-order valence-corrected chi connectivity index (χ3v) is 4.26. The molecule has 1 atom stereocenters. The lowest BCUT2D eigenvalue weighted by atomic mass is 9.98. The Balaban J connectivity index is 2.88. The van der Waals surface area contributed by atoms with Crippen LogP contribution in [0.25, 0.3) is 0 Å². The van der Waals surface area contributed by atoms with Crippen molar-refractivity contribution in [2.75, 3.05) is 25.2 Å². The van der Waals surface area contributed by atoms with Crippen molar-refractivity contribution in [3.05, 3.63) is 18.2 Å². The Bertz CT molecular complexity index is 500. The first-order valence-corrected chi connectivity index (χ1v) is 7.20. The standard InChI is InChI=1S/C16H27N3O2/c1-7-16(3,4)19(5)11(2)15(20)18-13-10-12(17)8-9-14(13)21-6/h8-11H,7,17H2,1-6H3,(H,18,20). The molecule has 0 radical (unpaired) electrons. The largest absolute Gasteiger partial charge is 0.495 e. The van der Waals surface area contributed by atoms with Gasteiger partial charge < -0.3 is 15.8 Å². The van der Waals surface area contributed by atoms with Gasteiger partial charge >= 0.3 is 0 Å². The highest BCUT2D eigenvalue weighted by Gasteiger charge is 2.29. The van der Waals surface area contributed by atoms with Crippen LogP contribution in [-0.2, 0) is 4.79 Å². The average molecular weight is 293 g/mol. The van der Waals surface area contributed by atoms with Crippen LogP contribution in [0.1, 0.15) is 34.1 Å². The van der Waals surface area contributed by atoms with Gasteiger partial charge in [-0.1, -0.05) is 6.92 Å². The van der Waals surface area contributed by atoms with Crippen LogP contribution in [-0.4, -0.2) is 36.5 Å². The second-order valence-corrected chi connectivity index (χ2v) is 5.90. The smallest absolute Gasteiger partial charge is 0.241 e. The van der Waals surface area contributed by atoms with E-state index in [2.05, 4.69) is 31.0 Å². The number of benzene rings is 1. The number of nitrogens with two attached hydrogens (primary N) is 1. The minimum absolute atomic E-state index is 0.0451. The number of nitrogen functional groups attached to an aromatic ring is 1. The first-order valence-electron chi connectivity index (χ1n) is 7.20. The molecule has 1 rings (SSSR count). The number of ether oxygens (including phenoxy) is 1. The number of methoxy groups -OCH3 is 1. The van der Waals surface area contributed by atoms with Crippen LogP contribution in [0.4, 0.5) is 11.4 Å². The number of anilines is 2. The maximum Gasteiger partial charge on any atom is 0.241 e. The summed E-state index contributed by atoms with van der Waals surface area (Å²) in [6.45, 7) is 8.25. The Hall–Kier alpha value is -1.75. The first-order chi connectivity index (χ1) is 9.72. The van der Waals surface area contributed by atoms with E-state index in [1.54, 1.807) is 25.3 Å². The molecule has 118 valence electrons. The highest BCUT2D eigenvalue weighted by molar-refractivity contribution is 5.96. The molecule has 0 heterocycles. The normalized spacial score (nSPS) is 13.1. The second kappa shape index (κ2) is 6.80. The molecule has 0 aliphatic rings. The van der Waals surface area contributed by atoms with Crippen LogP contribution in [0, 0.1) is 0 Å². The molecule has 1 unspecified atom stereocenters. The number of carbonyl (C=O) groups is 1. The molecule has 0 fully saturated rings. The minimum Gasteiger partial charge on any atom is -0.495 e. The number of nitrogens with one attached hydrogen (secondary N) is 1. The molecular weight excluding hydrogens is 266 g/mol. The maximum absolute atomic E-state index is 12.4. The predicted molar refractivity (Wildman–Crippen MR) is 87.6 cm³/mol. The number of carbonyl (C=O) groups excluding carboxylic acids is 1. The number of rotatable bonds is 6. The lowest BCUT2D eigenvalue weighted by molar-refractivity contribution is -0.122. The van der Waals surface area contributed by atoms with Crippen molar-refractivity contribution < 1.29 is 9.53 Å². The fourth-order valence-electron chi connectivity index (χ4n) is 2.01. The van der Waals surface area contributed by atoms with Crippen molar-refractivity contribution >= 4 is 17.3 Å². The maximum atomic E-state index is 12.4. The molecule has 0 saturated heterocycles. The number of hydrogen-bond donors (Lipinski definition) is 2. The predicted octanol–water partition coefficient (Wildman–Crippen LogP) is 2.72. The summed E-state index contributed by atoms with van der Waals surface area (Å²) in [6, 6.07) is 4.93. The zero-order chi connectivity index (χ0) is 16.2. The van der Waals surface area contributed by atoms with Crippen LogP contribution < -0.4 is 15.8 Å². The van der Waals surface area contributed by atoms with Gasteiger partial charge in [0.25, 0.3) is 0 Å². The van der Waals surface area contributed by atoms with Gasteiger partial charge in [-0.15, -0.1) is 0 Å². The summed E-state index contributed by atoms with van der Waals surface area (Å²) in [5.41, 5.74) is 6.90. The van der Waals surface area contributed by atoms with Gasteiger partial charge in [-0.25, -0.2) is 0 Å². The quantitative estimate of drug-likeness (QED) is 0.791. The van der Waals surface area contributed by atoms with Gasteiger partial charge in [0.1, 0.15) is 5.75 Å². The molecule has 1 aromatic carbocycles. The van der Waals surface area contributed by atoms with Gasteiger partial charge in [-0.2, -0.15) is 0 Å². The summed E-state index contributed by atoms with van der Waals surface area (Å²) in [4.78, 5) is 14.5. The van der Waals surface area contributed by atoms with E-state index in [0.717, 1.165) is 6.42 Å². The Morgan fingerprint density at radius 1 is 1.48 bits per heavy atom. The van der Waals surface area contributed by atoms with Crippen molar-refractivity contribution in [3.8, 4) is 5.75 Å². The van der Waals surface area contributed by atoms with Crippen molar-refractivity contribution in [2.24, 2.45) is 0 Å². The van der Waals surface area contributed by atoms with Crippen molar-refractivity contribution in [3.63, 3.8) is 0 Å². The zero-order valence-electron chi connectivity index (χ0n) is 13.9. The number of hydrogen-bond acceptors (Lipinski definition) is 4. The van der Waals surface area contributed by atoms with Crippen molar-refractivity contribution in [1.82, 2.24) is 4.90 Å². The third kappa shape index (κ3) is 4.11. The Morgan fingerprint density at radius 3 is 2.62 bits per heavy atom. The molecule has 0 aromatic heterocycles. The minimum atomic E-state index is -0.258. The van der Waals surface area contributed by atoms with E-state index in [9.17, 15) is 4.79 Å². The van der Waals surface area contributed by atoms with Gasteiger partial charge in [0, 0.05) is 11.2 Å². The molecule has 3 N–H and O–H groups in total. The van der Waals surface area contributed by atoms with Gasteiger partial charge in [-0.05, 0) is 52.4 Å². The van der Waals surface area contributed by atoms with Gasteiger partial charge in [0.15, 0.2) is 0 Å². The van der Waals surface area contributed by atoms with Gasteiger partial charge in [0.05, 0.1) is 18.8 Å². The van der Waals surface area contributed by atoms with Crippen LogP contribution in [0.3, 0.4) is 0 Å². The molecule has 0 aliphatic carbocycles. The second-order valence-electron chi connectivity index (χ2n) is 5.90. The molecule has 21 heavy (non-hydrogen) atoms. The summed E-state index contributed by atoms with van der Waals surface area (Å²) in [6.07, 6.45) is 0.961. The van der Waals surface area contributed by atoms with Gasteiger partial charge in [0.2, 0.25) is 5.91 Å². The molecule has 5 nitrogen and oxygen atoms in total. The summed E-state index contributed by atoms with van der Waals surface area (Å²) >= 11 is 0. The molecule has 1 amide bonds. The van der Waals surface area contributed by atoms with E-state index >= 15 is 0 Å². The number of nitrogens with zero attached hydrogens (tertiary/aromatic N) is 1. The average Bonchev–Trinajstić information content (AvgIpc) is 2.45. The van der Waals surface area contributed by atoms with E-state index in [1.807, 2.05) is 14.0 Å². The van der Waals surface area contributed by atoms with Crippen molar-refractivity contribution in [2.45, 2.75) is 45.7 Å². The molecule has 0 bridgehead atoms. The summed E-state index contributed by atoms with van der Waals surface area (Å²) in [7, 11) is 3.53. The van der Waals surface area contributed by atoms with Crippen molar-refractivity contribution in [1.29, 1.82) is 0 Å². The SMILES string of the molecule is CCC(C)(C)N(C)C(C)C(=O)Nc1cc(N)ccc1OC. The topological polar surface area (TPSA) is 67.6 Å². The van der Waals surface area contributed by atoms with E-state index < -0.39 is 0 Å². The lowest BCUT2D eigenvalue weighted by Crippen LogP contribution is -2.50. The fraction of sp³-hybridized carbons (Fsp3) is 0.562. The van der Waals surface area contributed by atoms with E-state index in [-0.39, 0.29) is 17.5 Å². The lowest BCUT2D eigenvalue weighted by Gasteiger charge is -2.38. The molecule has 1 aromatic rings. The molecule has 5 heteroatoms. The van der Waals surface area contributed by atoms with Crippen LogP contribution in [0.2, 0.25) is 0 Å². The van der Waals surface area contributed by atoms with E-state index in [0.29, 0.717) is 17.1 Å². The first kappa shape index (κ1) is 17.3. The Labute approximate surface area is 127 Å². The summed E-state index contributed by atoms with van der Waals surface area (Å²) in [5.74, 6) is 0.519. The monoisotopic (exact) mass is 293 g/mol. The highest BCUT2D eigenvalue weighted by Crippen LogP contribution is 2.27. The summed E-state index contributed by atoms with van der Waals surface area (Å²) in [5, 5.41) is 2.89. The fourth-order valence-corrected chi connectivity index (χ4v) is 2.01. The molecule has 0 spiro atoms. The van der Waals surface area contributed by atoms with Crippen LogP contribution >= 0.6 is 0 Å².